The van der Waals surface area contributed by atoms with Crippen molar-refractivity contribution in [2.24, 2.45) is 0 Å². The number of hydrogen-bond acceptors (Lipinski definition) is 4. The van der Waals surface area contributed by atoms with Crippen molar-refractivity contribution >= 4 is 37.0 Å². The van der Waals surface area contributed by atoms with Crippen LogP contribution < -0.4 is 0 Å². The molecule has 90 valence electrons. The average Bonchev–Trinajstić information content (AvgIpc) is 2.42. The van der Waals surface area contributed by atoms with Crippen LogP contribution in [0, 0.1) is 21.6 Å². The van der Waals surface area contributed by atoms with Crippen LogP contribution >= 0.6 is 0 Å². The summed E-state index contributed by atoms with van der Waals surface area (Å²) in [6.07, 6.45) is 7.94. The highest BCUT2D eigenvalue weighted by Crippen LogP contribution is 2.11. The van der Waals surface area contributed by atoms with E-state index in [1.807, 2.05) is 24.3 Å². The molecule has 0 spiro atoms. The molecule has 0 aliphatic heterocycles. The van der Waals surface area contributed by atoms with Gasteiger partial charge in [-0.25, -0.2) is 0 Å². The molecule has 0 amide bonds. The first-order valence-electron chi connectivity index (χ1n) is 5.29. The molecule has 0 bridgehead atoms. The summed E-state index contributed by atoms with van der Waals surface area (Å²) < 4.78 is 0. The summed E-state index contributed by atoms with van der Waals surface area (Å²) in [4.78, 5) is 0. The first kappa shape index (κ1) is 13.4. The zero-order valence-corrected chi connectivity index (χ0v) is 9.77. The summed E-state index contributed by atoms with van der Waals surface area (Å²) >= 11 is 0. The molecule has 0 aliphatic rings. The number of hydrogen-bond donors (Lipinski definition) is 4. The third-order valence-electron chi connectivity index (χ3n) is 2.24. The number of benzene rings is 1. The minimum atomic E-state index is 0.510. The van der Waals surface area contributed by atoms with E-state index in [9.17, 15) is 0 Å². The van der Waals surface area contributed by atoms with Crippen LogP contribution in [0.5, 0.6) is 0 Å². The standard InChI is InChI=1S/C14H14N4/c15-7-13(8-16)5-11-2-1-3-12(4-11)6-14(9-17)10-18/h1-10,15-18H. The van der Waals surface area contributed by atoms with Gasteiger partial charge in [0.05, 0.1) is 0 Å². The highest BCUT2D eigenvalue weighted by atomic mass is 14.4. The van der Waals surface area contributed by atoms with Gasteiger partial charge < -0.3 is 21.6 Å². The Morgan fingerprint density at radius 3 is 1.44 bits per heavy atom. The maximum absolute atomic E-state index is 7.12. The third-order valence-corrected chi connectivity index (χ3v) is 2.24. The van der Waals surface area contributed by atoms with Gasteiger partial charge in [-0.15, -0.1) is 0 Å². The van der Waals surface area contributed by atoms with Crippen molar-refractivity contribution in [2.75, 3.05) is 0 Å². The van der Waals surface area contributed by atoms with Gasteiger partial charge in [0.15, 0.2) is 0 Å². The molecule has 0 aliphatic carbocycles. The topological polar surface area (TPSA) is 95.4 Å². The SMILES string of the molecule is N=CC(C=N)=Cc1cccc(C=C(C=N)C=N)c1. The Morgan fingerprint density at radius 1 is 0.722 bits per heavy atom. The zero-order chi connectivity index (χ0) is 13.4. The number of nitrogens with one attached hydrogen (secondary N) is 4. The number of allylic oxidation sites excluding steroid dienone is 2. The normalized spacial score (nSPS) is 8.89. The van der Waals surface area contributed by atoms with E-state index >= 15 is 0 Å². The molecular weight excluding hydrogens is 224 g/mol. The fourth-order valence-corrected chi connectivity index (χ4v) is 1.37. The molecule has 18 heavy (non-hydrogen) atoms. The lowest BCUT2D eigenvalue weighted by Gasteiger charge is -1.99. The van der Waals surface area contributed by atoms with Crippen LogP contribution in [0.25, 0.3) is 12.2 Å². The molecule has 0 fully saturated rings. The summed E-state index contributed by atoms with van der Waals surface area (Å²) in [5.74, 6) is 0. The maximum atomic E-state index is 7.12. The lowest BCUT2D eigenvalue weighted by atomic mass is 10.1. The molecule has 1 aromatic rings. The zero-order valence-electron chi connectivity index (χ0n) is 9.77. The molecule has 0 radical (unpaired) electrons. The van der Waals surface area contributed by atoms with E-state index in [0.717, 1.165) is 36.0 Å². The lowest BCUT2D eigenvalue weighted by Crippen LogP contribution is -1.87. The van der Waals surface area contributed by atoms with Gasteiger partial charge in [0.25, 0.3) is 0 Å². The Labute approximate surface area is 106 Å². The van der Waals surface area contributed by atoms with E-state index in [2.05, 4.69) is 0 Å². The quantitative estimate of drug-likeness (QED) is 0.548. The second-order valence-electron chi connectivity index (χ2n) is 3.54. The minimum Gasteiger partial charge on any atom is -0.308 e. The van der Waals surface area contributed by atoms with Crippen LogP contribution in [-0.2, 0) is 0 Å². The third kappa shape index (κ3) is 3.75. The predicted octanol–water partition coefficient (Wildman–Crippen LogP) is 3.05. The summed E-state index contributed by atoms with van der Waals surface area (Å²) in [5.41, 5.74) is 2.77. The molecular formula is C14H14N4. The van der Waals surface area contributed by atoms with Gasteiger partial charge in [-0.3, -0.25) is 0 Å². The maximum Gasteiger partial charge on any atom is 0.0265 e. The summed E-state index contributed by atoms with van der Waals surface area (Å²) in [5, 5.41) is 28.5. The molecule has 4 N–H and O–H groups in total. The second-order valence-corrected chi connectivity index (χ2v) is 3.54. The van der Waals surface area contributed by atoms with E-state index in [0.29, 0.717) is 11.1 Å². The van der Waals surface area contributed by atoms with Gasteiger partial charge in [0.1, 0.15) is 0 Å². The van der Waals surface area contributed by atoms with E-state index in [-0.39, 0.29) is 0 Å². The average molecular weight is 238 g/mol. The van der Waals surface area contributed by atoms with E-state index in [1.165, 1.54) is 0 Å². The fourth-order valence-electron chi connectivity index (χ4n) is 1.37. The second kappa shape index (κ2) is 6.85. The highest BCUT2D eigenvalue weighted by molar-refractivity contribution is 6.07. The summed E-state index contributed by atoms with van der Waals surface area (Å²) in [6.45, 7) is 0. The van der Waals surface area contributed by atoms with Gasteiger partial charge in [0, 0.05) is 36.0 Å². The first-order valence-corrected chi connectivity index (χ1v) is 5.29. The molecule has 4 nitrogen and oxygen atoms in total. The Hall–Kier alpha value is -2.62. The van der Waals surface area contributed by atoms with Gasteiger partial charge in [0.2, 0.25) is 0 Å². The van der Waals surface area contributed by atoms with Gasteiger partial charge >= 0.3 is 0 Å². The van der Waals surface area contributed by atoms with Crippen LogP contribution in [0.2, 0.25) is 0 Å². The molecule has 1 rings (SSSR count). The van der Waals surface area contributed by atoms with E-state index < -0.39 is 0 Å². The van der Waals surface area contributed by atoms with Gasteiger partial charge in [-0.2, -0.15) is 0 Å². The van der Waals surface area contributed by atoms with Crippen LogP contribution in [0.1, 0.15) is 11.1 Å². The molecule has 0 saturated heterocycles. The Balaban J connectivity index is 3.13. The van der Waals surface area contributed by atoms with Gasteiger partial charge in [-0.1, -0.05) is 18.2 Å². The Morgan fingerprint density at radius 2 is 1.11 bits per heavy atom. The predicted molar refractivity (Wildman–Crippen MR) is 77.5 cm³/mol. The number of rotatable bonds is 6. The van der Waals surface area contributed by atoms with Crippen LogP contribution in [-0.4, -0.2) is 24.9 Å². The first-order chi connectivity index (χ1) is 8.73. The monoisotopic (exact) mass is 238 g/mol. The summed E-state index contributed by atoms with van der Waals surface area (Å²) in [7, 11) is 0. The van der Waals surface area contributed by atoms with Crippen molar-refractivity contribution < 1.29 is 0 Å². The van der Waals surface area contributed by atoms with Crippen molar-refractivity contribution in [1.29, 1.82) is 21.6 Å². The van der Waals surface area contributed by atoms with Crippen LogP contribution in [0.4, 0.5) is 0 Å². The lowest BCUT2D eigenvalue weighted by molar-refractivity contribution is 1.53. The molecule has 4 heteroatoms. The molecule has 0 saturated carbocycles. The van der Waals surface area contributed by atoms with Gasteiger partial charge in [-0.05, 0) is 29.3 Å². The van der Waals surface area contributed by atoms with Crippen LogP contribution in [0.3, 0.4) is 0 Å². The molecule has 1 aromatic carbocycles. The highest BCUT2D eigenvalue weighted by Gasteiger charge is 1.94. The van der Waals surface area contributed by atoms with E-state index in [4.69, 9.17) is 21.6 Å². The minimum absolute atomic E-state index is 0.510. The van der Waals surface area contributed by atoms with Crippen LogP contribution in [0.15, 0.2) is 35.4 Å². The largest absolute Gasteiger partial charge is 0.308 e. The van der Waals surface area contributed by atoms with E-state index in [1.54, 1.807) is 12.2 Å². The van der Waals surface area contributed by atoms with Crippen molar-refractivity contribution in [1.82, 2.24) is 0 Å². The molecule has 0 heterocycles. The molecule has 0 unspecified atom stereocenters. The van der Waals surface area contributed by atoms with Crippen molar-refractivity contribution in [3.63, 3.8) is 0 Å². The summed E-state index contributed by atoms with van der Waals surface area (Å²) in [6, 6.07) is 7.48. The van der Waals surface area contributed by atoms with Crippen molar-refractivity contribution in [3.05, 3.63) is 46.5 Å². The van der Waals surface area contributed by atoms with Crippen molar-refractivity contribution in [2.45, 2.75) is 0 Å². The van der Waals surface area contributed by atoms with Crippen molar-refractivity contribution in [3.8, 4) is 0 Å². The fraction of sp³-hybridized carbons (Fsp3) is 0. The molecule has 0 aromatic heterocycles. The Kier molecular flexibility index (Phi) is 5.12. The molecule has 0 atom stereocenters. The Bertz CT molecular complexity index is 473. The smallest absolute Gasteiger partial charge is 0.0265 e.